The van der Waals surface area contributed by atoms with Gasteiger partial charge in [-0.3, -0.25) is 4.79 Å². The Kier molecular flexibility index (Phi) is 5.29. The summed E-state index contributed by atoms with van der Waals surface area (Å²) < 4.78 is 2.21. The molecular formula is C20H26N4OS. The van der Waals surface area contributed by atoms with E-state index < -0.39 is 0 Å². The van der Waals surface area contributed by atoms with Gasteiger partial charge in [-0.1, -0.05) is 42.4 Å². The molecule has 4 rings (SSSR count). The molecule has 2 aromatic rings. The van der Waals surface area contributed by atoms with Gasteiger partial charge in [0.15, 0.2) is 5.16 Å². The van der Waals surface area contributed by atoms with Crippen LogP contribution in [0, 0.1) is 0 Å². The summed E-state index contributed by atoms with van der Waals surface area (Å²) in [4.78, 5) is 12.8. The number of carbonyl (C=O) groups excluding carboxylic acids is 1. The van der Waals surface area contributed by atoms with Crippen LogP contribution in [0.2, 0.25) is 0 Å². The van der Waals surface area contributed by atoms with Crippen LogP contribution in [0.3, 0.4) is 0 Å². The third-order valence-corrected chi connectivity index (χ3v) is 6.49. The van der Waals surface area contributed by atoms with Gasteiger partial charge in [0.2, 0.25) is 5.91 Å². The number of carbonyl (C=O) groups is 1. The van der Waals surface area contributed by atoms with Crippen molar-refractivity contribution in [1.29, 1.82) is 0 Å². The first-order valence-corrected chi connectivity index (χ1v) is 10.6. The fraction of sp³-hybridized carbons (Fsp3) is 0.550. The van der Waals surface area contributed by atoms with Gasteiger partial charge >= 0.3 is 0 Å². The lowest BCUT2D eigenvalue weighted by Gasteiger charge is -2.27. The summed E-state index contributed by atoms with van der Waals surface area (Å²) in [6.45, 7) is 2.93. The number of hydrogen-bond donors (Lipinski definition) is 1. The predicted octanol–water partition coefficient (Wildman–Crippen LogP) is 3.68. The second-order valence-corrected chi connectivity index (χ2v) is 8.58. The van der Waals surface area contributed by atoms with Crippen molar-refractivity contribution >= 4 is 17.7 Å². The van der Waals surface area contributed by atoms with Gasteiger partial charge in [0.25, 0.3) is 0 Å². The number of nitrogens with one attached hydrogen (secondary N) is 1. The molecule has 0 saturated carbocycles. The molecule has 1 amide bonds. The number of rotatable bonds is 4. The number of aryl methyl sites for hydroxylation is 2. The van der Waals surface area contributed by atoms with E-state index in [-0.39, 0.29) is 17.2 Å². The van der Waals surface area contributed by atoms with Crippen molar-refractivity contribution in [2.24, 2.45) is 0 Å². The molecule has 2 heterocycles. The fourth-order valence-corrected chi connectivity index (χ4v) is 4.85. The number of fused-ring (bicyclic) bond motifs is 2. The fourth-order valence-electron chi connectivity index (χ4n) is 3.95. The number of aromatic nitrogens is 3. The van der Waals surface area contributed by atoms with Crippen molar-refractivity contribution in [3.8, 4) is 0 Å². The Morgan fingerprint density at radius 3 is 3.00 bits per heavy atom. The average Bonchev–Trinajstić information content (AvgIpc) is 2.88. The molecule has 26 heavy (non-hydrogen) atoms. The number of hydrogen-bond acceptors (Lipinski definition) is 4. The minimum Gasteiger partial charge on any atom is -0.348 e. The molecule has 1 aromatic heterocycles. The quantitative estimate of drug-likeness (QED) is 0.834. The van der Waals surface area contributed by atoms with Crippen molar-refractivity contribution in [2.45, 2.75) is 74.9 Å². The summed E-state index contributed by atoms with van der Waals surface area (Å²) >= 11 is 1.53. The van der Waals surface area contributed by atoms with E-state index >= 15 is 0 Å². The first kappa shape index (κ1) is 17.6. The van der Waals surface area contributed by atoms with E-state index in [9.17, 15) is 4.79 Å². The Labute approximate surface area is 159 Å². The first-order valence-electron chi connectivity index (χ1n) is 9.69. The zero-order valence-electron chi connectivity index (χ0n) is 15.3. The van der Waals surface area contributed by atoms with Crippen molar-refractivity contribution in [3.63, 3.8) is 0 Å². The number of nitrogens with zero attached hydrogens (tertiary/aromatic N) is 3. The van der Waals surface area contributed by atoms with E-state index in [1.54, 1.807) is 0 Å². The van der Waals surface area contributed by atoms with Gasteiger partial charge in [0.05, 0.1) is 11.3 Å². The molecule has 0 radical (unpaired) electrons. The zero-order chi connectivity index (χ0) is 17.9. The SMILES string of the molecule is C[C@H](Sc1nnc2n1CCCCC2)C(=O)N[C@@H]1CCCc2ccccc21. The van der Waals surface area contributed by atoms with Crippen LogP contribution in [-0.2, 0) is 24.2 Å². The van der Waals surface area contributed by atoms with Crippen LogP contribution in [0.25, 0.3) is 0 Å². The highest BCUT2D eigenvalue weighted by molar-refractivity contribution is 8.00. The maximum absolute atomic E-state index is 12.8. The average molecular weight is 371 g/mol. The summed E-state index contributed by atoms with van der Waals surface area (Å²) in [5, 5.41) is 12.6. The Morgan fingerprint density at radius 2 is 2.08 bits per heavy atom. The zero-order valence-corrected chi connectivity index (χ0v) is 16.1. The molecule has 0 saturated heterocycles. The molecule has 1 aliphatic carbocycles. The van der Waals surface area contributed by atoms with E-state index in [1.165, 1.54) is 35.7 Å². The second-order valence-electron chi connectivity index (χ2n) is 7.27. The van der Waals surface area contributed by atoms with Gasteiger partial charge in [-0.2, -0.15) is 0 Å². The van der Waals surface area contributed by atoms with Gasteiger partial charge < -0.3 is 9.88 Å². The molecule has 2 atom stereocenters. The molecule has 1 N–H and O–H groups in total. The van der Waals surface area contributed by atoms with Crippen LogP contribution < -0.4 is 5.32 Å². The largest absolute Gasteiger partial charge is 0.348 e. The normalized spacial score (nSPS) is 20.6. The molecule has 0 spiro atoms. The highest BCUT2D eigenvalue weighted by atomic mass is 32.2. The Bertz CT molecular complexity index is 788. The summed E-state index contributed by atoms with van der Waals surface area (Å²) in [6, 6.07) is 8.60. The van der Waals surface area contributed by atoms with E-state index in [2.05, 4.69) is 44.3 Å². The molecule has 0 bridgehead atoms. The Morgan fingerprint density at radius 1 is 1.19 bits per heavy atom. The highest BCUT2D eigenvalue weighted by Gasteiger charge is 2.25. The van der Waals surface area contributed by atoms with Crippen molar-refractivity contribution in [3.05, 3.63) is 41.2 Å². The summed E-state index contributed by atoms with van der Waals surface area (Å²) in [6.07, 6.45) is 7.83. The molecule has 1 aliphatic heterocycles. The number of benzene rings is 1. The molecule has 0 unspecified atom stereocenters. The predicted molar refractivity (Wildman–Crippen MR) is 103 cm³/mol. The Balaban J connectivity index is 1.42. The maximum Gasteiger partial charge on any atom is 0.233 e. The van der Waals surface area contributed by atoms with Gasteiger partial charge in [-0.15, -0.1) is 10.2 Å². The third kappa shape index (κ3) is 3.65. The van der Waals surface area contributed by atoms with Gasteiger partial charge in [0, 0.05) is 13.0 Å². The standard InChI is InChI=1S/C20H26N4OS/c1-14(26-20-23-22-18-12-3-2-6-13-24(18)20)19(25)21-17-11-7-9-15-8-4-5-10-16(15)17/h4-5,8,10,14,17H,2-3,6-7,9,11-13H2,1H3,(H,21,25)/t14-,17+/m0/s1. The molecule has 138 valence electrons. The lowest BCUT2D eigenvalue weighted by atomic mass is 9.88. The first-order chi connectivity index (χ1) is 12.7. The van der Waals surface area contributed by atoms with Crippen LogP contribution >= 0.6 is 11.8 Å². The van der Waals surface area contributed by atoms with E-state index in [4.69, 9.17) is 0 Å². The highest BCUT2D eigenvalue weighted by Crippen LogP contribution is 2.31. The smallest absolute Gasteiger partial charge is 0.233 e. The van der Waals surface area contributed by atoms with Gasteiger partial charge in [-0.05, 0) is 50.2 Å². The van der Waals surface area contributed by atoms with Crippen LogP contribution in [0.15, 0.2) is 29.4 Å². The van der Waals surface area contributed by atoms with Crippen molar-refractivity contribution in [2.75, 3.05) is 0 Å². The molecule has 6 heteroatoms. The van der Waals surface area contributed by atoms with Gasteiger partial charge in [0.1, 0.15) is 5.82 Å². The number of amides is 1. The molecule has 2 aliphatic rings. The molecule has 1 aromatic carbocycles. The summed E-state index contributed by atoms with van der Waals surface area (Å²) in [5.74, 6) is 1.15. The minimum atomic E-state index is -0.180. The molecular weight excluding hydrogens is 344 g/mol. The van der Waals surface area contributed by atoms with Crippen LogP contribution in [-0.4, -0.2) is 25.9 Å². The lowest BCUT2D eigenvalue weighted by Crippen LogP contribution is -2.36. The van der Waals surface area contributed by atoms with Gasteiger partial charge in [-0.25, -0.2) is 0 Å². The van der Waals surface area contributed by atoms with E-state index in [0.29, 0.717) is 0 Å². The van der Waals surface area contributed by atoms with Crippen molar-refractivity contribution < 1.29 is 4.79 Å². The number of thioether (sulfide) groups is 1. The van der Waals surface area contributed by atoms with Crippen molar-refractivity contribution in [1.82, 2.24) is 20.1 Å². The monoisotopic (exact) mass is 370 g/mol. The Hall–Kier alpha value is -1.82. The maximum atomic E-state index is 12.8. The molecule has 0 fully saturated rings. The topological polar surface area (TPSA) is 59.8 Å². The van der Waals surface area contributed by atoms with Crippen LogP contribution in [0.1, 0.15) is 62.0 Å². The van der Waals surface area contributed by atoms with E-state index in [1.807, 2.05) is 6.92 Å². The lowest BCUT2D eigenvalue weighted by molar-refractivity contribution is -0.121. The second kappa shape index (κ2) is 7.82. The molecule has 5 nitrogen and oxygen atoms in total. The third-order valence-electron chi connectivity index (χ3n) is 5.41. The summed E-state index contributed by atoms with van der Waals surface area (Å²) in [5.41, 5.74) is 2.65. The minimum absolute atomic E-state index is 0.0858. The van der Waals surface area contributed by atoms with Crippen LogP contribution in [0.4, 0.5) is 0 Å². The van der Waals surface area contributed by atoms with E-state index in [0.717, 1.165) is 49.6 Å². The van der Waals surface area contributed by atoms with Crippen LogP contribution in [0.5, 0.6) is 0 Å². The summed E-state index contributed by atoms with van der Waals surface area (Å²) in [7, 11) is 0.